The van der Waals surface area contributed by atoms with E-state index in [1.54, 1.807) is 0 Å². The first-order valence-electron chi connectivity index (χ1n) is 7.65. The first-order chi connectivity index (χ1) is 9.69. The van der Waals surface area contributed by atoms with Gasteiger partial charge in [-0.3, -0.25) is 0 Å². The monoisotopic (exact) mass is 339 g/mol. The van der Waals surface area contributed by atoms with Gasteiger partial charge in [-0.25, -0.2) is 0 Å². The summed E-state index contributed by atoms with van der Waals surface area (Å²) in [5.74, 6) is 0. The number of nitrogens with zero attached hydrogens (tertiary/aromatic N) is 2. The maximum Gasteiger partial charge on any atom is 0.0307 e. The van der Waals surface area contributed by atoms with E-state index in [-0.39, 0.29) is 6.04 Å². The fraction of sp³-hybridized carbons (Fsp3) is 0.625. The zero-order chi connectivity index (χ0) is 14.4. The van der Waals surface area contributed by atoms with Crippen molar-refractivity contribution in [1.29, 1.82) is 0 Å². The molecule has 1 fully saturated rings. The average Bonchev–Trinajstić information content (AvgIpc) is 2.46. The average molecular weight is 340 g/mol. The lowest BCUT2D eigenvalue weighted by molar-refractivity contribution is 0.130. The lowest BCUT2D eigenvalue weighted by Gasteiger charge is -2.35. The molecule has 1 aliphatic heterocycles. The van der Waals surface area contributed by atoms with E-state index < -0.39 is 0 Å². The first-order valence-corrected chi connectivity index (χ1v) is 8.44. The van der Waals surface area contributed by atoms with Crippen molar-refractivity contribution in [3.63, 3.8) is 0 Å². The van der Waals surface area contributed by atoms with Crippen LogP contribution in [0, 0.1) is 0 Å². The second kappa shape index (κ2) is 8.13. The van der Waals surface area contributed by atoms with Crippen LogP contribution in [0.1, 0.15) is 31.4 Å². The van der Waals surface area contributed by atoms with Crippen LogP contribution >= 0.6 is 15.9 Å². The lowest BCUT2D eigenvalue weighted by Crippen LogP contribution is -2.47. The van der Waals surface area contributed by atoms with E-state index in [1.807, 2.05) is 6.07 Å². The normalized spacial score (nSPS) is 19.1. The lowest BCUT2D eigenvalue weighted by atomic mass is 10.0. The molecule has 1 aliphatic rings. The summed E-state index contributed by atoms with van der Waals surface area (Å²) in [5.41, 5.74) is 7.52. The van der Waals surface area contributed by atoms with Gasteiger partial charge in [0.1, 0.15) is 0 Å². The molecule has 0 saturated carbocycles. The molecule has 2 rings (SSSR count). The fourth-order valence-electron chi connectivity index (χ4n) is 2.78. The van der Waals surface area contributed by atoms with Crippen LogP contribution in [-0.2, 0) is 0 Å². The molecule has 0 aliphatic carbocycles. The number of nitrogens with two attached hydrogens (primary N) is 1. The van der Waals surface area contributed by atoms with Crippen LogP contribution < -0.4 is 5.73 Å². The Balaban J connectivity index is 1.73. The molecule has 3 nitrogen and oxygen atoms in total. The fourth-order valence-corrected chi connectivity index (χ4v) is 3.20. The van der Waals surface area contributed by atoms with Gasteiger partial charge in [0.25, 0.3) is 0 Å². The minimum Gasteiger partial charge on any atom is -0.324 e. The molecule has 1 aromatic rings. The third-order valence-corrected chi connectivity index (χ3v) is 4.53. The highest BCUT2D eigenvalue weighted by Crippen LogP contribution is 2.19. The second-order valence-electron chi connectivity index (χ2n) is 5.63. The van der Waals surface area contributed by atoms with Crippen molar-refractivity contribution in [1.82, 2.24) is 9.80 Å². The Morgan fingerprint density at radius 2 is 1.80 bits per heavy atom. The number of rotatable bonds is 6. The quantitative estimate of drug-likeness (QED) is 0.864. The highest BCUT2D eigenvalue weighted by atomic mass is 79.9. The molecular formula is C16H26BrN3. The summed E-state index contributed by atoms with van der Waals surface area (Å²) < 4.78 is 1.11. The SMILES string of the molecule is CCCN1CCN(CCC(N)c2cccc(Br)c2)CC1. The van der Waals surface area contributed by atoms with E-state index in [0.29, 0.717) is 0 Å². The molecule has 1 atom stereocenters. The van der Waals surface area contributed by atoms with Crippen molar-refractivity contribution >= 4 is 15.9 Å². The Bertz CT molecular complexity index is 402. The molecule has 0 aromatic heterocycles. The van der Waals surface area contributed by atoms with Gasteiger partial charge >= 0.3 is 0 Å². The van der Waals surface area contributed by atoms with Gasteiger partial charge in [-0.1, -0.05) is 35.0 Å². The van der Waals surface area contributed by atoms with Crippen molar-refractivity contribution < 1.29 is 0 Å². The minimum atomic E-state index is 0.140. The Hall–Kier alpha value is -0.420. The third kappa shape index (κ3) is 4.85. The molecule has 1 aromatic carbocycles. The smallest absolute Gasteiger partial charge is 0.0307 e. The van der Waals surface area contributed by atoms with Gasteiger partial charge in [-0.15, -0.1) is 0 Å². The Labute approximate surface area is 131 Å². The molecule has 0 spiro atoms. The molecule has 0 bridgehead atoms. The number of halogens is 1. The summed E-state index contributed by atoms with van der Waals surface area (Å²) in [7, 11) is 0. The van der Waals surface area contributed by atoms with Crippen LogP contribution in [0.2, 0.25) is 0 Å². The zero-order valence-electron chi connectivity index (χ0n) is 12.4. The summed E-state index contributed by atoms with van der Waals surface area (Å²) >= 11 is 3.51. The van der Waals surface area contributed by atoms with E-state index in [4.69, 9.17) is 5.73 Å². The highest BCUT2D eigenvalue weighted by Gasteiger charge is 2.16. The maximum absolute atomic E-state index is 6.30. The number of hydrogen-bond donors (Lipinski definition) is 1. The summed E-state index contributed by atoms with van der Waals surface area (Å²) in [6.07, 6.45) is 2.29. The molecular weight excluding hydrogens is 314 g/mol. The van der Waals surface area contributed by atoms with Crippen LogP contribution in [0.5, 0.6) is 0 Å². The van der Waals surface area contributed by atoms with Gasteiger partial charge < -0.3 is 15.5 Å². The maximum atomic E-state index is 6.30. The molecule has 1 heterocycles. The third-order valence-electron chi connectivity index (χ3n) is 4.04. The van der Waals surface area contributed by atoms with Gasteiger partial charge in [0.05, 0.1) is 0 Å². The van der Waals surface area contributed by atoms with Gasteiger partial charge in [0, 0.05) is 43.2 Å². The van der Waals surface area contributed by atoms with Gasteiger partial charge in [0.2, 0.25) is 0 Å². The number of hydrogen-bond acceptors (Lipinski definition) is 3. The van der Waals surface area contributed by atoms with Crippen LogP contribution in [0.3, 0.4) is 0 Å². The molecule has 1 unspecified atom stereocenters. The Morgan fingerprint density at radius 1 is 1.15 bits per heavy atom. The second-order valence-corrected chi connectivity index (χ2v) is 6.55. The van der Waals surface area contributed by atoms with Crippen molar-refractivity contribution in [2.24, 2.45) is 5.73 Å². The topological polar surface area (TPSA) is 32.5 Å². The molecule has 0 amide bonds. The summed E-state index contributed by atoms with van der Waals surface area (Å²) in [6, 6.07) is 8.49. The van der Waals surface area contributed by atoms with Gasteiger partial charge in [0.15, 0.2) is 0 Å². The van der Waals surface area contributed by atoms with E-state index in [0.717, 1.165) is 17.4 Å². The highest BCUT2D eigenvalue weighted by molar-refractivity contribution is 9.10. The van der Waals surface area contributed by atoms with Crippen LogP contribution in [-0.4, -0.2) is 49.1 Å². The zero-order valence-corrected chi connectivity index (χ0v) is 14.0. The van der Waals surface area contributed by atoms with E-state index in [1.165, 1.54) is 44.7 Å². The van der Waals surface area contributed by atoms with E-state index >= 15 is 0 Å². The Kier molecular flexibility index (Phi) is 6.49. The Morgan fingerprint density at radius 3 is 2.40 bits per heavy atom. The van der Waals surface area contributed by atoms with Gasteiger partial charge in [-0.2, -0.15) is 0 Å². The van der Waals surface area contributed by atoms with Crippen LogP contribution in [0.15, 0.2) is 28.7 Å². The standard InChI is InChI=1S/C16H26BrN3/c1-2-7-19-9-11-20(12-10-19)8-6-16(18)14-4-3-5-15(17)13-14/h3-5,13,16H,2,6-12,18H2,1H3. The molecule has 112 valence electrons. The van der Waals surface area contributed by atoms with Crippen molar-refractivity contribution in [3.8, 4) is 0 Å². The summed E-state index contributed by atoms with van der Waals surface area (Å²) in [5, 5.41) is 0. The predicted octanol–water partition coefficient (Wildman–Crippen LogP) is 2.87. The molecule has 1 saturated heterocycles. The van der Waals surface area contributed by atoms with E-state index in [2.05, 4.69) is 50.9 Å². The summed E-state index contributed by atoms with van der Waals surface area (Å²) in [6.45, 7) is 9.39. The number of benzene rings is 1. The summed E-state index contributed by atoms with van der Waals surface area (Å²) in [4.78, 5) is 5.11. The molecule has 20 heavy (non-hydrogen) atoms. The van der Waals surface area contributed by atoms with Crippen LogP contribution in [0.25, 0.3) is 0 Å². The van der Waals surface area contributed by atoms with Crippen molar-refractivity contribution in [2.75, 3.05) is 39.3 Å². The molecule has 0 radical (unpaired) electrons. The molecule has 4 heteroatoms. The number of piperazine rings is 1. The first kappa shape index (κ1) is 16.0. The van der Waals surface area contributed by atoms with Crippen LogP contribution in [0.4, 0.5) is 0 Å². The molecule has 2 N–H and O–H groups in total. The van der Waals surface area contributed by atoms with Gasteiger partial charge in [-0.05, 0) is 37.1 Å². The largest absolute Gasteiger partial charge is 0.324 e. The minimum absolute atomic E-state index is 0.140. The van der Waals surface area contributed by atoms with E-state index in [9.17, 15) is 0 Å². The predicted molar refractivity (Wildman–Crippen MR) is 88.9 cm³/mol. The van der Waals surface area contributed by atoms with Crippen molar-refractivity contribution in [2.45, 2.75) is 25.8 Å². The van der Waals surface area contributed by atoms with Crippen molar-refractivity contribution in [3.05, 3.63) is 34.3 Å².